The smallest absolute Gasteiger partial charge is 0.325 e. The van der Waals surface area contributed by atoms with Gasteiger partial charge in [-0.1, -0.05) is 51.1 Å². The molecule has 0 saturated heterocycles. The first-order valence-electron chi connectivity index (χ1n) is 11.0. The Morgan fingerprint density at radius 2 is 1.53 bits per heavy atom. The van der Waals surface area contributed by atoms with Gasteiger partial charge < -0.3 is 20.3 Å². The summed E-state index contributed by atoms with van der Waals surface area (Å²) in [4.78, 5) is 49.9. The summed E-state index contributed by atoms with van der Waals surface area (Å²) in [6.07, 6.45) is 0. The van der Waals surface area contributed by atoms with Crippen molar-refractivity contribution in [1.82, 2.24) is 10.2 Å². The molecule has 2 aromatic carbocycles. The van der Waals surface area contributed by atoms with Crippen molar-refractivity contribution in [2.75, 3.05) is 32.1 Å². The zero-order valence-electron chi connectivity index (χ0n) is 20.7. The van der Waals surface area contributed by atoms with Crippen LogP contribution in [0, 0.1) is 13.8 Å². The first-order valence-corrected chi connectivity index (χ1v) is 11.0. The summed E-state index contributed by atoms with van der Waals surface area (Å²) in [5, 5.41) is 5.28. The van der Waals surface area contributed by atoms with E-state index in [9.17, 15) is 19.2 Å². The van der Waals surface area contributed by atoms with Crippen LogP contribution in [-0.2, 0) is 24.5 Å². The normalized spacial score (nSPS) is 10.9. The van der Waals surface area contributed by atoms with Gasteiger partial charge in [0, 0.05) is 18.3 Å². The maximum Gasteiger partial charge on any atom is 0.325 e. The molecule has 2 aromatic rings. The summed E-state index contributed by atoms with van der Waals surface area (Å²) in [5.74, 6) is -2.05. The van der Waals surface area contributed by atoms with Crippen LogP contribution < -0.4 is 10.6 Å². The van der Waals surface area contributed by atoms with Crippen LogP contribution in [0.15, 0.2) is 42.5 Å². The van der Waals surface area contributed by atoms with Crippen LogP contribution in [0.3, 0.4) is 0 Å². The highest BCUT2D eigenvalue weighted by Gasteiger charge is 2.18. The highest BCUT2D eigenvalue weighted by Crippen LogP contribution is 2.22. The van der Waals surface area contributed by atoms with Crippen molar-refractivity contribution in [3.8, 4) is 0 Å². The Morgan fingerprint density at radius 1 is 0.941 bits per heavy atom. The van der Waals surface area contributed by atoms with E-state index in [-0.39, 0.29) is 24.4 Å². The third-order valence-electron chi connectivity index (χ3n) is 5.32. The summed E-state index contributed by atoms with van der Waals surface area (Å²) < 4.78 is 4.94. The highest BCUT2D eigenvalue weighted by molar-refractivity contribution is 5.97. The summed E-state index contributed by atoms with van der Waals surface area (Å²) in [5.41, 5.74) is 4.04. The van der Waals surface area contributed by atoms with E-state index in [1.165, 1.54) is 11.9 Å². The average molecular weight is 468 g/mol. The lowest BCUT2D eigenvalue weighted by Gasteiger charge is -2.19. The molecule has 8 nitrogen and oxygen atoms in total. The number of ether oxygens (including phenoxy) is 1. The second kappa shape index (κ2) is 11.4. The molecule has 0 heterocycles. The van der Waals surface area contributed by atoms with Gasteiger partial charge in [-0.15, -0.1) is 0 Å². The number of hydrogen-bond acceptors (Lipinski definition) is 5. The number of esters is 1. The van der Waals surface area contributed by atoms with Gasteiger partial charge in [0.15, 0.2) is 6.61 Å². The molecule has 0 atom stereocenters. The molecular formula is C26H33N3O5. The van der Waals surface area contributed by atoms with Gasteiger partial charge in [-0.25, -0.2) is 0 Å². The molecule has 2 rings (SSSR count). The molecule has 0 spiro atoms. The van der Waals surface area contributed by atoms with Crippen molar-refractivity contribution < 1.29 is 23.9 Å². The van der Waals surface area contributed by atoms with E-state index >= 15 is 0 Å². The predicted octanol–water partition coefficient (Wildman–Crippen LogP) is 2.97. The molecule has 0 saturated carbocycles. The van der Waals surface area contributed by atoms with Crippen LogP contribution in [0.4, 0.5) is 5.69 Å². The molecule has 182 valence electrons. The monoisotopic (exact) mass is 467 g/mol. The van der Waals surface area contributed by atoms with E-state index in [0.29, 0.717) is 11.3 Å². The number of rotatable bonds is 8. The minimum absolute atomic E-state index is 0.0291. The maximum absolute atomic E-state index is 12.3. The third-order valence-corrected chi connectivity index (χ3v) is 5.32. The Balaban J connectivity index is 1.76. The largest absolute Gasteiger partial charge is 0.454 e. The number of amides is 3. The van der Waals surface area contributed by atoms with E-state index < -0.39 is 24.4 Å². The highest BCUT2D eigenvalue weighted by atomic mass is 16.5. The van der Waals surface area contributed by atoms with Gasteiger partial charge in [0.1, 0.15) is 6.54 Å². The van der Waals surface area contributed by atoms with Crippen LogP contribution in [0.5, 0.6) is 0 Å². The van der Waals surface area contributed by atoms with E-state index in [1.54, 1.807) is 12.1 Å². The molecule has 0 bridgehead atoms. The van der Waals surface area contributed by atoms with Crippen molar-refractivity contribution >= 4 is 29.4 Å². The number of benzene rings is 2. The molecule has 0 radical (unpaired) electrons. The minimum atomic E-state index is -0.749. The Labute approximate surface area is 200 Å². The molecule has 3 amide bonds. The van der Waals surface area contributed by atoms with Crippen LogP contribution in [-0.4, -0.2) is 55.3 Å². The molecule has 8 heteroatoms. The van der Waals surface area contributed by atoms with Crippen LogP contribution in [0.25, 0.3) is 0 Å². The van der Waals surface area contributed by atoms with Crippen LogP contribution in [0.2, 0.25) is 0 Å². The number of carbonyl (C=O) groups excluding carboxylic acids is 4. The molecule has 0 aromatic heterocycles. The summed E-state index contributed by atoms with van der Waals surface area (Å²) in [6, 6.07) is 12.8. The fraction of sp³-hybridized carbons (Fsp3) is 0.385. The molecule has 34 heavy (non-hydrogen) atoms. The molecule has 0 aliphatic carbocycles. The zero-order chi connectivity index (χ0) is 25.5. The second-order valence-electron chi connectivity index (χ2n) is 9.24. The number of aryl methyl sites for hydroxylation is 2. The number of para-hydroxylation sites is 1. The SMILES string of the molecule is Cc1cccc(C)c1NC(=O)CN(C)C(=O)COC(=O)CNC(=O)c1ccc(C(C)(C)C)cc1. The van der Waals surface area contributed by atoms with Gasteiger partial charge in [0.25, 0.3) is 11.8 Å². The fourth-order valence-electron chi connectivity index (χ4n) is 3.17. The third kappa shape index (κ3) is 7.72. The Bertz CT molecular complexity index is 1030. The number of carbonyl (C=O) groups is 4. The van der Waals surface area contributed by atoms with Crippen molar-refractivity contribution in [3.63, 3.8) is 0 Å². The van der Waals surface area contributed by atoms with Crippen LogP contribution >= 0.6 is 0 Å². The van der Waals surface area contributed by atoms with E-state index in [1.807, 2.05) is 44.2 Å². The Hall–Kier alpha value is -3.68. The topological polar surface area (TPSA) is 105 Å². The lowest BCUT2D eigenvalue weighted by molar-refractivity contribution is -0.150. The van der Waals surface area contributed by atoms with Crippen molar-refractivity contribution in [3.05, 3.63) is 64.7 Å². The van der Waals surface area contributed by atoms with E-state index in [2.05, 4.69) is 31.4 Å². The minimum Gasteiger partial charge on any atom is -0.454 e. The molecule has 0 aliphatic heterocycles. The zero-order valence-corrected chi connectivity index (χ0v) is 20.7. The van der Waals surface area contributed by atoms with Crippen molar-refractivity contribution in [2.24, 2.45) is 0 Å². The quantitative estimate of drug-likeness (QED) is 0.581. The van der Waals surface area contributed by atoms with Gasteiger partial charge in [-0.2, -0.15) is 0 Å². The summed E-state index contributed by atoms with van der Waals surface area (Å²) >= 11 is 0. The number of hydrogen-bond donors (Lipinski definition) is 2. The molecule has 0 unspecified atom stereocenters. The summed E-state index contributed by atoms with van der Waals surface area (Å²) in [7, 11) is 1.45. The Morgan fingerprint density at radius 3 is 2.09 bits per heavy atom. The second-order valence-corrected chi connectivity index (χ2v) is 9.24. The molecule has 2 N–H and O–H groups in total. The van der Waals surface area contributed by atoms with Gasteiger partial charge >= 0.3 is 5.97 Å². The molecule has 0 fully saturated rings. The van der Waals surface area contributed by atoms with E-state index in [4.69, 9.17) is 4.74 Å². The average Bonchev–Trinajstić information content (AvgIpc) is 2.77. The number of anilines is 1. The number of likely N-dealkylation sites (N-methyl/N-ethyl adjacent to an activating group) is 1. The molecular weight excluding hydrogens is 434 g/mol. The fourth-order valence-corrected chi connectivity index (χ4v) is 3.17. The first-order chi connectivity index (χ1) is 15.9. The van der Waals surface area contributed by atoms with Gasteiger partial charge in [0.05, 0.1) is 6.54 Å². The van der Waals surface area contributed by atoms with Crippen molar-refractivity contribution in [2.45, 2.75) is 40.0 Å². The van der Waals surface area contributed by atoms with Crippen molar-refractivity contribution in [1.29, 1.82) is 0 Å². The number of nitrogens with one attached hydrogen (secondary N) is 2. The van der Waals surface area contributed by atoms with Gasteiger partial charge in [-0.3, -0.25) is 19.2 Å². The standard InChI is InChI=1S/C26H33N3O5/c1-17-8-7-9-18(2)24(17)28-21(30)15-29(6)22(31)16-34-23(32)14-27-25(33)19-10-12-20(13-11-19)26(3,4)5/h7-13H,14-16H2,1-6H3,(H,27,33)(H,28,30). The maximum atomic E-state index is 12.3. The number of nitrogens with zero attached hydrogens (tertiary/aromatic N) is 1. The van der Waals surface area contributed by atoms with Gasteiger partial charge in [-0.05, 0) is 48.1 Å². The van der Waals surface area contributed by atoms with Gasteiger partial charge in [0.2, 0.25) is 5.91 Å². The predicted molar refractivity (Wildman–Crippen MR) is 131 cm³/mol. The lowest BCUT2D eigenvalue weighted by Crippen LogP contribution is -2.38. The first kappa shape index (κ1) is 26.6. The van der Waals surface area contributed by atoms with E-state index in [0.717, 1.165) is 16.7 Å². The summed E-state index contributed by atoms with van der Waals surface area (Å²) in [6.45, 7) is 8.92. The Kier molecular flexibility index (Phi) is 8.95. The lowest BCUT2D eigenvalue weighted by atomic mass is 9.87. The molecule has 0 aliphatic rings. The van der Waals surface area contributed by atoms with Crippen LogP contribution in [0.1, 0.15) is 47.8 Å².